The molecule has 0 radical (unpaired) electrons. The van der Waals surface area contributed by atoms with Crippen LogP contribution in [0.1, 0.15) is 15.9 Å². The molecule has 4 N–H and O–H groups in total. The highest BCUT2D eigenvalue weighted by Crippen LogP contribution is 2.43. The molecule has 3 amide bonds. The molecule has 0 unspecified atom stereocenters. The number of para-hydroxylation sites is 1. The zero-order valence-corrected chi connectivity index (χ0v) is 16.2. The number of carbonyl (C=O) groups excluding carboxylic acids is 3. The summed E-state index contributed by atoms with van der Waals surface area (Å²) < 4.78 is 59.1. The third-order valence-electron chi connectivity index (χ3n) is 4.29. The molecule has 0 fully saturated rings. The number of carbonyl (C=O) groups is 3. The number of ether oxygens (including phenoxy) is 2. The molecule has 0 aliphatic carbocycles. The van der Waals surface area contributed by atoms with Gasteiger partial charge < -0.3 is 25.8 Å². The molecule has 0 aromatic heterocycles. The lowest BCUT2D eigenvalue weighted by Crippen LogP contribution is -2.20. The Balaban J connectivity index is 2.09. The molecule has 0 atom stereocenters. The van der Waals surface area contributed by atoms with E-state index in [0.29, 0.717) is 0 Å². The number of alkyl halides is 4. The second-order valence-electron chi connectivity index (χ2n) is 6.28. The van der Waals surface area contributed by atoms with Gasteiger partial charge >= 0.3 is 13.2 Å². The molecule has 33 heavy (non-hydrogen) atoms. The first-order valence-corrected chi connectivity index (χ1v) is 8.86. The van der Waals surface area contributed by atoms with Gasteiger partial charge in [-0.05, 0) is 18.2 Å². The van der Waals surface area contributed by atoms with E-state index in [-0.39, 0.29) is 22.5 Å². The predicted octanol–water partition coefficient (Wildman–Crippen LogP) is 2.86. The number of nitriles is 1. The maximum Gasteiger partial charge on any atom is 0.387 e. The summed E-state index contributed by atoms with van der Waals surface area (Å²) in [6.45, 7) is -6.81. The molecule has 1 aliphatic rings. The molecule has 9 nitrogen and oxygen atoms in total. The number of hydrogen-bond donors (Lipinski definition) is 3. The fourth-order valence-corrected chi connectivity index (χ4v) is 3.01. The van der Waals surface area contributed by atoms with E-state index in [0.717, 1.165) is 12.1 Å². The van der Waals surface area contributed by atoms with Crippen LogP contribution in [0.5, 0.6) is 11.5 Å². The molecular formula is C20H12F4N4O5. The summed E-state index contributed by atoms with van der Waals surface area (Å²) in [4.78, 5) is 36.8. The van der Waals surface area contributed by atoms with E-state index in [1.54, 1.807) is 6.07 Å². The number of primary amides is 1. The summed E-state index contributed by atoms with van der Waals surface area (Å²) in [7, 11) is 0. The van der Waals surface area contributed by atoms with Crippen molar-refractivity contribution in [3.63, 3.8) is 0 Å². The van der Waals surface area contributed by atoms with Crippen LogP contribution in [0.3, 0.4) is 0 Å². The van der Waals surface area contributed by atoms with Crippen molar-refractivity contribution in [3.05, 3.63) is 53.1 Å². The highest BCUT2D eigenvalue weighted by molar-refractivity contribution is 6.37. The number of nitrogens with one attached hydrogen (secondary N) is 2. The summed E-state index contributed by atoms with van der Waals surface area (Å²) in [5.41, 5.74) is 3.39. The number of halogens is 4. The number of nitrogens with two attached hydrogens (primary N) is 1. The number of anilines is 2. The summed E-state index contributed by atoms with van der Waals surface area (Å²) >= 11 is 0. The second-order valence-corrected chi connectivity index (χ2v) is 6.28. The number of nitrogens with zero attached hydrogens (tertiary/aromatic N) is 1. The van der Waals surface area contributed by atoms with E-state index in [1.165, 1.54) is 24.3 Å². The van der Waals surface area contributed by atoms with Crippen molar-refractivity contribution in [2.45, 2.75) is 13.2 Å². The van der Waals surface area contributed by atoms with Crippen molar-refractivity contribution in [1.29, 1.82) is 5.26 Å². The first kappa shape index (κ1) is 23.1. The third kappa shape index (κ3) is 4.85. The van der Waals surface area contributed by atoms with Gasteiger partial charge in [0.05, 0.1) is 22.5 Å². The van der Waals surface area contributed by atoms with E-state index < -0.39 is 53.6 Å². The van der Waals surface area contributed by atoms with Gasteiger partial charge in [-0.2, -0.15) is 22.8 Å². The van der Waals surface area contributed by atoms with Crippen molar-refractivity contribution in [1.82, 2.24) is 0 Å². The normalized spacial score (nSPS) is 13.8. The monoisotopic (exact) mass is 464 g/mol. The minimum absolute atomic E-state index is 0.0515. The molecule has 0 bridgehead atoms. The second kappa shape index (κ2) is 9.27. The number of benzene rings is 2. The van der Waals surface area contributed by atoms with E-state index in [1.807, 2.05) is 0 Å². The molecular weight excluding hydrogens is 452 g/mol. The van der Waals surface area contributed by atoms with Gasteiger partial charge in [-0.1, -0.05) is 12.1 Å². The summed E-state index contributed by atoms with van der Waals surface area (Å²) in [5.74, 6) is -4.63. The molecule has 170 valence electrons. The Kier molecular flexibility index (Phi) is 6.48. The fraction of sp³-hybridized carbons (Fsp3) is 0.100. The van der Waals surface area contributed by atoms with Gasteiger partial charge in [0.1, 0.15) is 11.6 Å². The Morgan fingerprint density at radius 1 is 1.06 bits per heavy atom. The van der Waals surface area contributed by atoms with Gasteiger partial charge in [-0.15, -0.1) is 0 Å². The SMILES string of the molecule is N#C/C(C(=O)Nc1ccccc1C(N)=O)=C1/C(=O)Nc2cc(OC(F)F)c(OC(F)F)cc21. The van der Waals surface area contributed by atoms with Crippen LogP contribution in [-0.2, 0) is 9.59 Å². The van der Waals surface area contributed by atoms with Crippen molar-refractivity contribution < 1.29 is 41.4 Å². The molecule has 0 saturated heterocycles. The average molecular weight is 464 g/mol. The molecule has 2 aromatic rings. The van der Waals surface area contributed by atoms with Crippen LogP contribution in [-0.4, -0.2) is 30.9 Å². The Labute approximate surface area is 182 Å². The van der Waals surface area contributed by atoms with Gasteiger partial charge in [-0.3, -0.25) is 14.4 Å². The third-order valence-corrected chi connectivity index (χ3v) is 4.29. The first-order valence-electron chi connectivity index (χ1n) is 8.86. The van der Waals surface area contributed by atoms with Crippen molar-refractivity contribution in [2.24, 2.45) is 5.73 Å². The van der Waals surface area contributed by atoms with E-state index in [2.05, 4.69) is 20.1 Å². The lowest BCUT2D eigenvalue weighted by Gasteiger charge is -2.13. The topological polar surface area (TPSA) is 144 Å². The quantitative estimate of drug-likeness (QED) is 0.327. The number of hydrogen-bond acceptors (Lipinski definition) is 6. The Hall–Kier alpha value is -4.60. The van der Waals surface area contributed by atoms with Gasteiger partial charge in [-0.25, -0.2) is 0 Å². The number of amides is 3. The lowest BCUT2D eigenvalue weighted by molar-refractivity contribution is -0.113. The molecule has 3 rings (SSSR count). The summed E-state index contributed by atoms with van der Waals surface area (Å²) in [6.07, 6.45) is 0. The first-order chi connectivity index (χ1) is 15.6. The summed E-state index contributed by atoms with van der Waals surface area (Å²) in [5, 5.41) is 14.0. The standard InChI is InChI=1S/C20H12F4N4O5/c21-19(22)32-13-5-9-12(6-14(13)33-20(23)24)28-18(31)15(9)10(7-25)17(30)27-11-4-2-1-3-8(11)16(26)29/h1-6,19-20H,(H2,26,29)(H,27,30)(H,28,31)/b15-10-. The molecule has 1 aliphatic heterocycles. The van der Waals surface area contributed by atoms with E-state index in [4.69, 9.17) is 5.73 Å². The van der Waals surface area contributed by atoms with Crippen LogP contribution < -0.4 is 25.8 Å². The molecule has 0 spiro atoms. The maximum absolute atomic E-state index is 12.7. The van der Waals surface area contributed by atoms with E-state index >= 15 is 0 Å². The highest BCUT2D eigenvalue weighted by atomic mass is 19.3. The van der Waals surface area contributed by atoms with Gasteiger partial charge in [0.15, 0.2) is 11.5 Å². The van der Waals surface area contributed by atoms with Crippen molar-refractivity contribution >= 4 is 34.7 Å². The summed E-state index contributed by atoms with van der Waals surface area (Å²) in [6, 6.07) is 8.67. The predicted molar refractivity (Wildman–Crippen MR) is 104 cm³/mol. The lowest BCUT2D eigenvalue weighted by atomic mass is 10.00. The minimum Gasteiger partial charge on any atom is -0.431 e. The number of fused-ring (bicyclic) bond motifs is 1. The smallest absolute Gasteiger partial charge is 0.387 e. The van der Waals surface area contributed by atoms with Crippen LogP contribution in [0.4, 0.5) is 28.9 Å². The van der Waals surface area contributed by atoms with Crippen LogP contribution in [0.15, 0.2) is 42.0 Å². The molecule has 1 heterocycles. The minimum atomic E-state index is -3.43. The fourth-order valence-electron chi connectivity index (χ4n) is 3.01. The van der Waals surface area contributed by atoms with Crippen LogP contribution >= 0.6 is 0 Å². The number of rotatable bonds is 7. The van der Waals surface area contributed by atoms with Crippen molar-refractivity contribution in [2.75, 3.05) is 10.6 Å². The Morgan fingerprint density at radius 2 is 1.67 bits per heavy atom. The molecule has 13 heteroatoms. The van der Waals surface area contributed by atoms with Gasteiger partial charge in [0.2, 0.25) is 0 Å². The largest absolute Gasteiger partial charge is 0.431 e. The Morgan fingerprint density at radius 3 is 2.24 bits per heavy atom. The highest BCUT2D eigenvalue weighted by Gasteiger charge is 2.33. The van der Waals surface area contributed by atoms with Crippen LogP contribution in [0.2, 0.25) is 0 Å². The van der Waals surface area contributed by atoms with Crippen LogP contribution in [0.25, 0.3) is 5.57 Å². The maximum atomic E-state index is 12.7. The molecule has 2 aromatic carbocycles. The Bertz CT molecular complexity index is 1220. The van der Waals surface area contributed by atoms with Crippen LogP contribution in [0, 0.1) is 11.3 Å². The average Bonchev–Trinajstić information content (AvgIpc) is 3.03. The zero-order valence-electron chi connectivity index (χ0n) is 16.2. The van der Waals surface area contributed by atoms with Gasteiger partial charge in [0, 0.05) is 11.6 Å². The van der Waals surface area contributed by atoms with E-state index in [9.17, 15) is 37.2 Å². The van der Waals surface area contributed by atoms with Gasteiger partial charge in [0.25, 0.3) is 17.7 Å². The van der Waals surface area contributed by atoms with Crippen molar-refractivity contribution in [3.8, 4) is 17.6 Å². The zero-order chi connectivity index (χ0) is 24.3. The molecule has 0 saturated carbocycles.